The second-order valence-electron chi connectivity index (χ2n) is 5.12. The molecule has 0 aliphatic carbocycles. The summed E-state index contributed by atoms with van der Waals surface area (Å²) in [5, 5.41) is 1.91. The second kappa shape index (κ2) is 9.12. The Morgan fingerprint density at radius 2 is 1.38 bits per heavy atom. The van der Waals surface area contributed by atoms with Crippen LogP contribution in [0, 0.1) is 0 Å². The van der Waals surface area contributed by atoms with E-state index >= 15 is 0 Å². The highest BCUT2D eigenvalue weighted by molar-refractivity contribution is 6.09. The predicted octanol–water partition coefficient (Wildman–Crippen LogP) is 2.35. The molecule has 2 aromatic rings. The van der Waals surface area contributed by atoms with Crippen LogP contribution in [0.2, 0.25) is 0 Å². The van der Waals surface area contributed by atoms with Crippen LogP contribution in [0.5, 0.6) is 0 Å². The van der Waals surface area contributed by atoms with E-state index in [4.69, 9.17) is 4.74 Å². The van der Waals surface area contributed by atoms with Gasteiger partial charge in [0.2, 0.25) is 0 Å². The van der Waals surface area contributed by atoms with E-state index in [0.717, 1.165) is 0 Å². The number of amides is 2. The molecule has 0 atom stereocenters. The molecule has 0 saturated heterocycles. The molecule has 2 rings (SSSR count). The topological polar surface area (TPSA) is 98.8 Å². The van der Waals surface area contributed by atoms with Crippen molar-refractivity contribution >= 4 is 23.8 Å². The highest BCUT2D eigenvalue weighted by atomic mass is 16.6. The molecule has 0 heterocycles. The molecule has 0 aliphatic rings. The number of rotatable bonds is 6. The lowest BCUT2D eigenvalue weighted by Crippen LogP contribution is -2.34. The van der Waals surface area contributed by atoms with Crippen molar-refractivity contribution in [3.8, 4) is 0 Å². The van der Waals surface area contributed by atoms with E-state index in [9.17, 15) is 19.2 Å². The number of benzene rings is 2. The van der Waals surface area contributed by atoms with Crippen molar-refractivity contribution < 1.29 is 28.7 Å². The maximum atomic E-state index is 12.3. The maximum absolute atomic E-state index is 12.3. The number of hydrogen-bond acceptors (Lipinski definition) is 6. The van der Waals surface area contributed by atoms with E-state index in [2.05, 4.69) is 4.74 Å². The third-order valence-electron chi connectivity index (χ3n) is 3.27. The van der Waals surface area contributed by atoms with Gasteiger partial charge < -0.3 is 9.47 Å². The van der Waals surface area contributed by atoms with Crippen molar-refractivity contribution in [1.82, 2.24) is 5.32 Å². The molecule has 2 amide bonds. The second-order valence-corrected chi connectivity index (χ2v) is 5.12. The van der Waals surface area contributed by atoms with Gasteiger partial charge in [0.05, 0.1) is 12.2 Å². The van der Waals surface area contributed by atoms with Gasteiger partial charge in [0, 0.05) is 11.1 Å². The number of carbonyl (C=O) groups excluding carboxylic acids is 4. The Labute approximate surface area is 149 Å². The van der Waals surface area contributed by atoms with Crippen LogP contribution in [-0.2, 0) is 14.3 Å². The molecule has 26 heavy (non-hydrogen) atoms. The first kappa shape index (κ1) is 18.9. The molecule has 0 spiro atoms. The molecule has 2 aromatic carbocycles. The Hall–Kier alpha value is -3.48. The van der Waals surface area contributed by atoms with Crippen LogP contribution in [0.3, 0.4) is 0 Å². The number of alkyl carbamates (subject to hydrolysis) is 1. The maximum Gasteiger partial charge on any atom is 0.413 e. The highest BCUT2D eigenvalue weighted by Gasteiger charge is 2.14. The van der Waals surface area contributed by atoms with Crippen molar-refractivity contribution in [2.24, 2.45) is 0 Å². The third kappa shape index (κ3) is 5.27. The van der Waals surface area contributed by atoms with Gasteiger partial charge in [-0.3, -0.25) is 14.9 Å². The van der Waals surface area contributed by atoms with E-state index < -0.39 is 24.6 Å². The average Bonchev–Trinajstić information content (AvgIpc) is 2.66. The Bertz CT molecular complexity index is 799. The van der Waals surface area contributed by atoms with Crippen LogP contribution in [0.1, 0.15) is 33.2 Å². The minimum atomic E-state index is -0.905. The Morgan fingerprint density at radius 1 is 0.808 bits per heavy atom. The SMILES string of the molecule is CCOC(=O)NC(=O)COC(=O)c1ccc(C(=O)c2ccccc2)cc1. The summed E-state index contributed by atoms with van der Waals surface area (Å²) < 4.78 is 9.34. The fourth-order valence-corrected chi connectivity index (χ4v) is 2.05. The van der Waals surface area contributed by atoms with Crippen LogP contribution < -0.4 is 5.32 Å². The van der Waals surface area contributed by atoms with Gasteiger partial charge in [-0.1, -0.05) is 42.5 Å². The number of hydrogen-bond donors (Lipinski definition) is 1. The van der Waals surface area contributed by atoms with Crippen molar-refractivity contribution in [1.29, 1.82) is 0 Å². The van der Waals surface area contributed by atoms with Crippen molar-refractivity contribution in [3.05, 3.63) is 71.3 Å². The molecular formula is C19H17NO6. The molecule has 0 bridgehead atoms. The van der Waals surface area contributed by atoms with Gasteiger partial charge in [-0.15, -0.1) is 0 Å². The van der Waals surface area contributed by atoms with Gasteiger partial charge in [-0.05, 0) is 19.1 Å². The molecule has 0 radical (unpaired) electrons. The van der Waals surface area contributed by atoms with Crippen molar-refractivity contribution in [2.75, 3.05) is 13.2 Å². The van der Waals surface area contributed by atoms with Gasteiger partial charge in [-0.25, -0.2) is 9.59 Å². The molecular weight excluding hydrogens is 338 g/mol. The van der Waals surface area contributed by atoms with E-state index in [0.29, 0.717) is 11.1 Å². The molecule has 134 valence electrons. The summed E-state index contributed by atoms with van der Waals surface area (Å²) in [6.07, 6.45) is -0.905. The van der Waals surface area contributed by atoms with Crippen LogP contribution in [0.4, 0.5) is 4.79 Å². The first-order chi connectivity index (χ1) is 12.5. The van der Waals surface area contributed by atoms with Gasteiger partial charge in [0.15, 0.2) is 12.4 Å². The number of imide groups is 1. The lowest BCUT2D eigenvalue weighted by atomic mass is 10.0. The zero-order chi connectivity index (χ0) is 18.9. The Kier molecular flexibility index (Phi) is 6.61. The summed E-state index contributed by atoms with van der Waals surface area (Å²) in [5.41, 5.74) is 1.14. The summed E-state index contributed by atoms with van der Waals surface area (Å²) >= 11 is 0. The van der Waals surface area contributed by atoms with Crippen LogP contribution in [-0.4, -0.2) is 37.0 Å². The van der Waals surface area contributed by atoms with Crippen LogP contribution >= 0.6 is 0 Å². The standard InChI is InChI=1S/C19H17NO6/c1-2-25-19(24)20-16(21)12-26-18(23)15-10-8-14(9-11-15)17(22)13-6-4-3-5-7-13/h3-11H,2,12H2,1H3,(H,20,21,24). The van der Waals surface area contributed by atoms with Gasteiger partial charge >= 0.3 is 12.1 Å². The summed E-state index contributed by atoms with van der Waals surface area (Å²) in [7, 11) is 0. The van der Waals surface area contributed by atoms with Crippen LogP contribution in [0.25, 0.3) is 0 Å². The monoisotopic (exact) mass is 355 g/mol. The molecule has 7 heteroatoms. The summed E-state index contributed by atoms with van der Waals surface area (Å²) in [4.78, 5) is 46.7. The Balaban J connectivity index is 1.91. The number of ether oxygens (including phenoxy) is 2. The molecule has 1 N–H and O–H groups in total. The Morgan fingerprint density at radius 3 is 2.00 bits per heavy atom. The number of esters is 1. The molecule has 7 nitrogen and oxygen atoms in total. The summed E-state index contributed by atoms with van der Waals surface area (Å²) in [6.45, 7) is 1.09. The minimum Gasteiger partial charge on any atom is -0.452 e. The van der Waals surface area contributed by atoms with Gasteiger partial charge in [0.25, 0.3) is 5.91 Å². The third-order valence-corrected chi connectivity index (χ3v) is 3.27. The quantitative estimate of drug-likeness (QED) is 0.631. The number of nitrogens with one attached hydrogen (secondary N) is 1. The minimum absolute atomic E-state index is 0.118. The smallest absolute Gasteiger partial charge is 0.413 e. The van der Waals surface area contributed by atoms with E-state index in [1.54, 1.807) is 31.2 Å². The first-order valence-electron chi connectivity index (χ1n) is 7.84. The zero-order valence-corrected chi connectivity index (χ0v) is 14.1. The summed E-state index contributed by atoms with van der Waals surface area (Å²) in [5.74, 6) is -1.71. The average molecular weight is 355 g/mol. The van der Waals surface area contributed by atoms with Crippen molar-refractivity contribution in [3.63, 3.8) is 0 Å². The van der Waals surface area contributed by atoms with Gasteiger partial charge in [-0.2, -0.15) is 0 Å². The van der Waals surface area contributed by atoms with E-state index in [1.807, 2.05) is 11.4 Å². The van der Waals surface area contributed by atoms with E-state index in [1.165, 1.54) is 24.3 Å². The van der Waals surface area contributed by atoms with Gasteiger partial charge in [0.1, 0.15) is 0 Å². The lowest BCUT2D eigenvalue weighted by Gasteiger charge is -2.06. The number of carbonyl (C=O) groups is 4. The summed E-state index contributed by atoms with van der Waals surface area (Å²) in [6, 6.07) is 14.6. The predicted molar refractivity (Wildman–Crippen MR) is 91.8 cm³/mol. The highest BCUT2D eigenvalue weighted by Crippen LogP contribution is 2.11. The normalized spacial score (nSPS) is 9.88. The zero-order valence-electron chi connectivity index (χ0n) is 14.1. The lowest BCUT2D eigenvalue weighted by molar-refractivity contribution is -0.123. The largest absolute Gasteiger partial charge is 0.452 e. The molecule has 0 saturated carbocycles. The fraction of sp³-hybridized carbons (Fsp3) is 0.158. The molecule has 0 fully saturated rings. The number of ketones is 1. The molecule has 0 unspecified atom stereocenters. The van der Waals surface area contributed by atoms with E-state index in [-0.39, 0.29) is 18.0 Å². The molecule has 0 aromatic heterocycles. The first-order valence-corrected chi connectivity index (χ1v) is 7.84. The van der Waals surface area contributed by atoms with Crippen LogP contribution in [0.15, 0.2) is 54.6 Å². The fourth-order valence-electron chi connectivity index (χ4n) is 2.05. The van der Waals surface area contributed by atoms with Crippen molar-refractivity contribution in [2.45, 2.75) is 6.92 Å². The molecule has 0 aliphatic heterocycles.